The van der Waals surface area contributed by atoms with E-state index < -0.39 is 5.91 Å². The summed E-state index contributed by atoms with van der Waals surface area (Å²) in [6, 6.07) is 0. The molecular weight excluding hydrogens is 252 g/mol. The van der Waals surface area contributed by atoms with Crippen LogP contribution >= 0.6 is 0 Å². The second kappa shape index (κ2) is 7.37. The predicted molar refractivity (Wildman–Crippen MR) is 67.0 cm³/mol. The van der Waals surface area contributed by atoms with E-state index in [0.717, 1.165) is 0 Å². The first-order chi connectivity index (χ1) is 9.08. The number of carbonyl (C=O) groups is 2. The fourth-order valence-electron chi connectivity index (χ4n) is 1.39. The largest absolute Gasteiger partial charge is 0.479 e. The predicted octanol–water partition coefficient (Wildman–Crippen LogP) is -1.08. The van der Waals surface area contributed by atoms with Crippen LogP contribution in [0, 0.1) is 0 Å². The van der Waals surface area contributed by atoms with Gasteiger partial charge in [-0.15, -0.1) is 5.10 Å². The maximum absolute atomic E-state index is 11.8. The van der Waals surface area contributed by atoms with Crippen LogP contribution in [-0.4, -0.2) is 55.5 Å². The second-order valence-electron chi connectivity index (χ2n) is 3.75. The molecule has 1 aromatic heterocycles. The highest BCUT2D eigenvalue weighted by Gasteiger charge is 2.16. The van der Waals surface area contributed by atoms with Gasteiger partial charge in [0, 0.05) is 26.9 Å². The molecule has 0 aromatic carbocycles. The maximum atomic E-state index is 11.8. The van der Waals surface area contributed by atoms with Crippen molar-refractivity contribution in [2.45, 2.75) is 0 Å². The molecule has 0 aliphatic carbocycles. The highest BCUT2D eigenvalue weighted by molar-refractivity contribution is 5.98. The Bertz CT molecular complexity index is 444. The number of aryl methyl sites for hydroxylation is 1. The molecule has 2 N–H and O–H groups in total. The summed E-state index contributed by atoms with van der Waals surface area (Å²) in [6.07, 6.45) is 1.52. The first kappa shape index (κ1) is 15.0. The maximum Gasteiger partial charge on any atom is 0.258 e. The molecule has 0 bridgehead atoms. The van der Waals surface area contributed by atoms with E-state index in [2.05, 4.69) is 15.7 Å². The van der Waals surface area contributed by atoms with Gasteiger partial charge in [-0.3, -0.25) is 14.3 Å². The molecule has 2 amide bonds. The fourth-order valence-corrected chi connectivity index (χ4v) is 1.39. The lowest BCUT2D eigenvalue weighted by Crippen LogP contribution is -2.38. The van der Waals surface area contributed by atoms with Gasteiger partial charge in [-0.1, -0.05) is 0 Å². The molecule has 8 heteroatoms. The number of aromatic nitrogens is 2. The van der Waals surface area contributed by atoms with Crippen molar-refractivity contribution < 1.29 is 19.1 Å². The summed E-state index contributed by atoms with van der Waals surface area (Å²) in [5.74, 6) is -0.472. The van der Waals surface area contributed by atoms with E-state index in [0.29, 0.717) is 13.2 Å². The Morgan fingerprint density at radius 1 is 1.37 bits per heavy atom. The molecule has 0 aliphatic heterocycles. The van der Waals surface area contributed by atoms with Crippen LogP contribution in [0.15, 0.2) is 6.20 Å². The lowest BCUT2D eigenvalue weighted by Gasteiger charge is -2.06. The van der Waals surface area contributed by atoms with Gasteiger partial charge >= 0.3 is 0 Å². The molecule has 0 atom stereocenters. The minimum Gasteiger partial charge on any atom is -0.479 e. The summed E-state index contributed by atoms with van der Waals surface area (Å²) in [6.45, 7) is 0.720. The third-order valence-electron chi connectivity index (χ3n) is 2.27. The minimum absolute atomic E-state index is 0.111. The van der Waals surface area contributed by atoms with Crippen LogP contribution in [0.5, 0.6) is 5.88 Å². The molecule has 0 spiro atoms. The SMILES string of the molecule is COCCNC(=O)CNC(=O)c1cn(C)nc1OC. The Hall–Kier alpha value is -2.09. The van der Waals surface area contributed by atoms with E-state index in [4.69, 9.17) is 9.47 Å². The number of carbonyl (C=O) groups excluding carboxylic acids is 2. The first-order valence-electron chi connectivity index (χ1n) is 5.70. The number of nitrogens with one attached hydrogen (secondary N) is 2. The Balaban J connectivity index is 2.44. The molecule has 0 radical (unpaired) electrons. The molecule has 0 fully saturated rings. The number of methoxy groups -OCH3 is 2. The van der Waals surface area contributed by atoms with Crippen molar-refractivity contribution in [3.05, 3.63) is 11.8 Å². The number of ether oxygens (including phenoxy) is 2. The third-order valence-corrected chi connectivity index (χ3v) is 2.27. The Labute approximate surface area is 111 Å². The summed E-state index contributed by atoms with van der Waals surface area (Å²) in [4.78, 5) is 23.2. The number of hydrogen-bond donors (Lipinski definition) is 2. The van der Waals surface area contributed by atoms with Crippen LogP contribution in [0.2, 0.25) is 0 Å². The van der Waals surface area contributed by atoms with Gasteiger partial charge in [-0.25, -0.2) is 0 Å². The standard InChI is InChI=1S/C11H18N4O4/c1-15-7-8(11(14-15)19-3)10(17)13-6-9(16)12-4-5-18-2/h7H,4-6H2,1-3H3,(H,12,16)(H,13,17). The Morgan fingerprint density at radius 2 is 2.11 bits per heavy atom. The fraction of sp³-hybridized carbons (Fsp3) is 0.545. The Kier molecular flexibility index (Phi) is 5.80. The van der Waals surface area contributed by atoms with Gasteiger partial charge in [0.2, 0.25) is 11.8 Å². The van der Waals surface area contributed by atoms with Crippen LogP contribution in [0.3, 0.4) is 0 Å². The smallest absolute Gasteiger partial charge is 0.258 e. The third kappa shape index (κ3) is 4.59. The van der Waals surface area contributed by atoms with E-state index in [1.54, 1.807) is 14.2 Å². The van der Waals surface area contributed by atoms with Gasteiger partial charge in [0.25, 0.3) is 5.91 Å². The topological polar surface area (TPSA) is 94.5 Å². The number of rotatable bonds is 7. The zero-order valence-corrected chi connectivity index (χ0v) is 11.2. The molecular formula is C11H18N4O4. The van der Waals surface area contributed by atoms with Gasteiger partial charge in [-0.2, -0.15) is 0 Å². The number of amides is 2. The zero-order chi connectivity index (χ0) is 14.3. The molecule has 0 aliphatic rings. The highest BCUT2D eigenvalue weighted by Crippen LogP contribution is 2.13. The van der Waals surface area contributed by atoms with Crippen molar-refractivity contribution in [2.24, 2.45) is 7.05 Å². The van der Waals surface area contributed by atoms with E-state index in [1.165, 1.54) is 18.0 Å². The molecule has 1 aromatic rings. The minimum atomic E-state index is -0.410. The summed E-state index contributed by atoms with van der Waals surface area (Å²) in [7, 11) is 4.65. The molecule has 0 unspecified atom stereocenters. The molecule has 19 heavy (non-hydrogen) atoms. The van der Waals surface area contributed by atoms with E-state index in [1.807, 2.05) is 0 Å². The molecule has 1 rings (SSSR count). The van der Waals surface area contributed by atoms with Crippen LogP contribution in [-0.2, 0) is 16.6 Å². The average Bonchev–Trinajstić information content (AvgIpc) is 2.77. The van der Waals surface area contributed by atoms with Crippen molar-refractivity contribution in [1.29, 1.82) is 0 Å². The van der Waals surface area contributed by atoms with Crippen molar-refractivity contribution in [3.8, 4) is 5.88 Å². The number of hydrogen-bond acceptors (Lipinski definition) is 5. The number of nitrogens with zero attached hydrogens (tertiary/aromatic N) is 2. The monoisotopic (exact) mass is 270 g/mol. The summed E-state index contributed by atoms with van der Waals surface area (Å²) >= 11 is 0. The lowest BCUT2D eigenvalue weighted by atomic mass is 10.3. The van der Waals surface area contributed by atoms with Crippen LogP contribution < -0.4 is 15.4 Å². The summed E-state index contributed by atoms with van der Waals surface area (Å²) in [5.41, 5.74) is 0.287. The molecule has 1 heterocycles. The normalized spacial score (nSPS) is 10.1. The van der Waals surface area contributed by atoms with Gasteiger partial charge in [-0.05, 0) is 0 Å². The van der Waals surface area contributed by atoms with Crippen LogP contribution in [0.4, 0.5) is 0 Å². The lowest BCUT2D eigenvalue weighted by molar-refractivity contribution is -0.120. The zero-order valence-electron chi connectivity index (χ0n) is 11.2. The van der Waals surface area contributed by atoms with Crippen molar-refractivity contribution in [3.63, 3.8) is 0 Å². The molecule has 106 valence electrons. The quantitative estimate of drug-likeness (QED) is 0.615. The summed E-state index contributed by atoms with van der Waals surface area (Å²) < 4.78 is 11.2. The van der Waals surface area contributed by atoms with Gasteiger partial charge in [0.1, 0.15) is 5.56 Å². The van der Waals surface area contributed by atoms with Gasteiger partial charge in [0.15, 0.2) is 0 Å². The first-order valence-corrected chi connectivity index (χ1v) is 5.70. The van der Waals surface area contributed by atoms with Crippen molar-refractivity contribution >= 4 is 11.8 Å². The molecule has 0 saturated heterocycles. The van der Waals surface area contributed by atoms with Gasteiger partial charge in [0.05, 0.1) is 20.3 Å². The van der Waals surface area contributed by atoms with Crippen molar-refractivity contribution in [2.75, 3.05) is 33.9 Å². The van der Waals surface area contributed by atoms with E-state index in [-0.39, 0.29) is 23.9 Å². The highest BCUT2D eigenvalue weighted by atomic mass is 16.5. The van der Waals surface area contributed by atoms with E-state index >= 15 is 0 Å². The van der Waals surface area contributed by atoms with Gasteiger partial charge < -0.3 is 20.1 Å². The van der Waals surface area contributed by atoms with E-state index in [9.17, 15) is 9.59 Å². The molecule has 0 saturated carbocycles. The molecule has 8 nitrogen and oxygen atoms in total. The summed E-state index contributed by atoms with van der Waals surface area (Å²) in [5, 5.41) is 9.04. The van der Waals surface area contributed by atoms with Crippen LogP contribution in [0.25, 0.3) is 0 Å². The van der Waals surface area contributed by atoms with Crippen LogP contribution in [0.1, 0.15) is 10.4 Å². The Morgan fingerprint density at radius 3 is 2.74 bits per heavy atom. The average molecular weight is 270 g/mol. The van der Waals surface area contributed by atoms with Crippen molar-refractivity contribution in [1.82, 2.24) is 20.4 Å². The second-order valence-corrected chi connectivity index (χ2v) is 3.75.